The molecule has 1 aliphatic carbocycles. The van der Waals surface area contributed by atoms with Gasteiger partial charge in [0.05, 0.1) is 0 Å². The average molecular weight is 356 g/mol. The largest absolute Gasteiger partial charge is 0.490 e. The van der Waals surface area contributed by atoms with E-state index >= 15 is 0 Å². The second-order valence-corrected chi connectivity index (χ2v) is 7.08. The van der Waals surface area contributed by atoms with E-state index in [1.807, 2.05) is 9.80 Å². The van der Waals surface area contributed by atoms with Crippen molar-refractivity contribution in [3.8, 4) is 5.75 Å². The molecule has 5 nitrogen and oxygen atoms in total. The maximum Gasteiger partial charge on any atom is 0.253 e. The third-order valence-corrected chi connectivity index (χ3v) is 5.30. The molecule has 0 aromatic heterocycles. The molecule has 1 saturated heterocycles. The molecule has 140 valence electrons. The number of ether oxygens (including phenoxy) is 1. The van der Waals surface area contributed by atoms with Crippen LogP contribution in [0, 0.1) is 5.92 Å². The van der Waals surface area contributed by atoms with Crippen LogP contribution < -0.4 is 4.74 Å². The minimum atomic E-state index is 0.0186. The first-order valence-electron chi connectivity index (χ1n) is 9.61. The number of carbonyl (C=O) groups excluding carboxylic acids is 2. The van der Waals surface area contributed by atoms with Crippen LogP contribution in [-0.2, 0) is 4.79 Å². The zero-order valence-electron chi connectivity index (χ0n) is 15.4. The molecule has 1 aromatic carbocycles. The Balaban J connectivity index is 1.51. The van der Waals surface area contributed by atoms with Gasteiger partial charge in [-0.3, -0.25) is 9.59 Å². The molecule has 1 aromatic rings. The van der Waals surface area contributed by atoms with E-state index in [1.54, 1.807) is 30.3 Å². The van der Waals surface area contributed by atoms with Crippen molar-refractivity contribution in [1.29, 1.82) is 0 Å². The van der Waals surface area contributed by atoms with E-state index in [0.29, 0.717) is 44.3 Å². The number of benzene rings is 1. The third kappa shape index (κ3) is 4.45. The molecule has 2 fully saturated rings. The molecule has 1 heterocycles. The number of hydrogen-bond donors (Lipinski definition) is 0. The Morgan fingerprint density at radius 1 is 1.00 bits per heavy atom. The zero-order chi connectivity index (χ0) is 18.4. The van der Waals surface area contributed by atoms with Crippen molar-refractivity contribution in [3.05, 3.63) is 42.5 Å². The summed E-state index contributed by atoms with van der Waals surface area (Å²) in [6.07, 6.45) is 7.33. The van der Waals surface area contributed by atoms with Crippen LogP contribution in [0.2, 0.25) is 0 Å². The summed E-state index contributed by atoms with van der Waals surface area (Å²) >= 11 is 0. The molecule has 5 heteroatoms. The fourth-order valence-electron chi connectivity index (χ4n) is 3.77. The first kappa shape index (κ1) is 18.5. The van der Waals surface area contributed by atoms with E-state index in [4.69, 9.17) is 4.74 Å². The fourth-order valence-corrected chi connectivity index (χ4v) is 3.77. The Hall–Kier alpha value is -2.30. The van der Waals surface area contributed by atoms with Gasteiger partial charge in [0, 0.05) is 37.7 Å². The molecule has 26 heavy (non-hydrogen) atoms. The van der Waals surface area contributed by atoms with Crippen LogP contribution in [0.15, 0.2) is 36.9 Å². The summed E-state index contributed by atoms with van der Waals surface area (Å²) in [6.45, 7) is 6.55. The van der Waals surface area contributed by atoms with Gasteiger partial charge in [0.1, 0.15) is 12.4 Å². The Morgan fingerprint density at radius 3 is 2.23 bits per heavy atom. The smallest absolute Gasteiger partial charge is 0.253 e. The monoisotopic (exact) mass is 356 g/mol. The Kier molecular flexibility index (Phi) is 6.31. The minimum Gasteiger partial charge on any atom is -0.490 e. The number of nitrogens with zero attached hydrogens (tertiary/aromatic N) is 2. The molecule has 0 N–H and O–H groups in total. The molecule has 3 rings (SSSR count). The summed E-state index contributed by atoms with van der Waals surface area (Å²) in [5, 5.41) is 0. The molecule has 0 spiro atoms. The summed E-state index contributed by atoms with van der Waals surface area (Å²) in [6, 6.07) is 7.19. The van der Waals surface area contributed by atoms with Gasteiger partial charge >= 0.3 is 0 Å². The Morgan fingerprint density at radius 2 is 1.62 bits per heavy atom. The van der Waals surface area contributed by atoms with E-state index < -0.39 is 0 Å². The number of hydrogen-bond acceptors (Lipinski definition) is 3. The van der Waals surface area contributed by atoms with E-state index in [2.05, 4.69) is 6.58 Å². The molecular formula is C21H28N2O3. The Bertz CT molecular complexity index is 627. The number of amides is 2. The molecule has 0 radical (unpaired) electrons. The van der Waals surface area contributed by atoms with Gasteiger partial charge in [-0.2, -0.15) is 0 Å². The van der Waals surface area contributed by atoms with Crippen LogP contribution in [0.5, 0.6) is 5.75 Å². The summed E-state index contributed by atoms with van der Waals surface area (Å²) in [4.78, 5) is 29.1. The van der Waals surface area contributed by atoms with Crippen LogP contribution in [-0.4, -0.2) is 54.4 Å². The van der Waals surface area contributed by atoms with Crippen molar-refractivity contribution >= 4 is 11.8 Å². The quantitative estimate of drug-likeness (QED) is 0.762. The SMILES string of the molecule is C=CCOc1ccc(C(=O)N2CCN(C(=O)C3CCCCC3)CC2)cc1. The Labute approximate surface area is 155 Å². The van der Waals surface area contributed by atoms with Gasteiger partial charge in [-0.15, -0.1) is 0 Å². The molecular weight excluding hydrogens is 328 g/mol. The lowest BCUT2D eigenvalue weighted by Gasteiger charge is -2.37. The predicted octanol–water partition coefficient (Wildman–Crippen LogP) is 3.12. The van der Waals surface area contributed by atoms with Crippen molar-refractivity contribution in [2.24, 2.45) is 5.92 Å². The number of carbonyl (C=O) groups is 2. The van der Waals surface area contributed by atoms with E-state index in [-0.39, 0.29) is 11.8 Å². The van der Waals surface area contributed by atoms with Gasteiger partial charge in [0.2, 0.25) is 5.91 Å². The van der Waals surface area contributed by atoms with Crippen molar-refractivity contribution in [2.45, 2.75) is 32.1 Å². The lowest BCUT2D eigenvalue weighted by Crippen LogP contribution is -2.52. The number of rotatable bonds is 5. The highest BCUT2D eigenvalue weighted by atomic mass is 16.5. The summed E-state index contributed by atoms with van der Waals surface area (Å²) in [5.41, 5.74) is 0.656. The van der Waals surface area contributed by atoms with Gasteiger partial charge in [-0.05, 0) is 37.1 Å². The maximum absolute atomic E-state index is 12.7. The van der Waals surface area contributed by atoms with Crippen LogP contribution in [0.3, 0.4) is 0 Å². The van der Waals surface area contributed by atoms with Crippen molar-refractivity contribution < 1.29 is 14.3 Å². The normalized spacial score (nSPS) is 18.5. The lowest BCUT2D eigenvalue weighted by atomic mass is 9.88. The topological polar surface area (TPSA) is 49.9 Å². The molecule has 2 aliphatic rings. The average Bonchev–Trinajstić information content (AvgIpc) is 2.72. The van der Waals surface area contributed by atoms with Crippen LogP contribution in [0.1, 0.15) is 42.5 Å². The molecule has 0 atom stereocenters. The van der Waals surface area contributed by atoms with Crippen LogP contribution >= 0.6 is 0 Å². The second kappa shape index (κ2) is 8.88. The van der Waals surface area contributed by atoms with Crippen molar-refractivity contribution in [3.63, 3.8) is 0 Å². The molecule has 1 saturated carbocycles. The highest BCUT2D eigenvalue weighted by Crippen LogP contribution is 2.26. The van der Waals surface area contributed by atoms with Crippen LogP contribution in [0.4, 0.5) is 0 Å². The number of piperazine rings is 1. The summed E-state index contributed by atoms with van der Waals surface area (Å²) in [5.74, 6) is 1.24. The van der Waals surface area contributed by atoms with Gasteiger partial charge in [-0.1, -0.05) is 31.9 Å². The lowest BCUT2D eigenvalue weighted by molar-refractivity contribution is -0.138. The van der Waals surface area contributed by atoms with Crippen molar-refractivity contribution in [1.82, 2.24) is 9.80 Å². The van der Waals surface area contributed by atoms with Crippen LogP contribution in [0.25, 0.3) is 0 Å². The second-order valence-electron chi connectivity index (χ2n) is 7.08. The molecule has 1 aliphatic heterocycles. The highest BCUT2D eigenvalue weighted by Gasteiger charge is 2.29. The zero-order valence-corrected chi connectivity index (χ0v) is 15.4. The highest BCUT2D eigenvalue weighted by molar-refractivity contribution is 5.94. The van der Waals surface area contributed by atoms with E-state index in [9.17, 15) is 9.59 Å². The van der Waals surface area contributed by atoms with Gasteiger partial charge in [-0.25, -0.2) is 0 Å². The molecule has 2 amide bonds. The third-order valence-electron chi connectivity index (χ3n) is 5.30. The fraction of sp³-hybridized carbons (Fsp3) is 0.524. The molecule has 0 bridgehead atoms. The van der Waals surface area contributed by atoms with E-state index in [1.165, 1.54) is 19.3 Å². The minimum absolute atomic E-state index is 0.0186. The first-order chi connectivity index (χ1) is 12.7. The van der Waals surface area contributed by atoms with Crippen molar-refractivity contribution in [2.75, 3.05) is 32.8 Å². The van der Waals surface area contributed by atoms with Gasteiger partial charge in [0.25, 0.3) is 5.91 Å². The summed E-state index contributed by atoms with van der Waals surface area (Å²) in [7, 11) is 0. The summed E-state index contributed by atoms with van der Waals surface area (Å²) < 4.78 is 5.45. The van der Waals surface area contributed by atoms with E-state index in [0.717, 1.165) is 18.6 Å². The first-order valence-corrected chi connectivity index (χ1v) is 9.61. The standard InChI is InChI=1S/C21H28N2O3/c1-2-16-26-19-10-8-18(9-11-19)21(25)23-14-12-22(13-15-23)20(24)17-6-4-3-5-7-17/h2,8-11,17H,1,3-7,12-16H2. The molecule has 0 unspecified atom stereocenters. The predicted molar refractivity (Wildman–Crippen MR) is 101 cm³/mol. The maximum atomic E-state index is 12.7. The van der Waals surface area contributed by atoms with Gasteiger partial charge < -0.3 is 14.5 Å². The van der Waals surface area contributed by atoms with Gasteiger partial charge in [0.15, 0.2) is 0 Å².